The molecule has 5 rings (SSSR count). The van der Waals surface area contributed by atoms with Gasteiger partial charge in [-0.1, -0.05) is 18.2 Å². The molecule has 1 amide bonds. The number of hydrogen-bond donors (Lipinski definition) is 1. The zero-order valence-electron chi connectivity index (χ0n) is 16.6. The smallest absolute Gasteiger partial charge is 0.248 e. The van der Waals surface area contributed by atoms with E-state index in [0.717, 1.165) is 46.6 Å². The van der Waals surface area contributed by atoms with Gasteiger partial charge in [-0.15, -0.1) is 0 Å². The molecule has 3 heterocycles. The summed E-state index contributed by atoms with van der Waals surface area (Å²) in [5.74, 6) is -0.407. The van der Waals surface area contributed by atoms with Crippen molar-refractivity contribution in [1.29, 1.82) is 0 Å². The van der Waals surface area contributed by atoms with E-state index in [1.165, 1.54) is 12.0 Å². The molecule has 0 fully saturated rings. The summed E-state index contributed by atoms with van der Waals surface area (Å²) >= 11 is 0. The van der Waals surface area contributed by atoms with Crippen LogP contribution >= 0.6 is 0 Å². The summed E-state index contributed by atoms with van der Waals surface area (Å²) in [6, 6.07) is 15.8. The van der Waals surface area contributed by atoms with E-state index in [4.69, 9.17) is 5.73 Å². The summed E-state index contributed by atoms with van der Waals surface area (Å²) in [7, 11) is 0. The van der Waals surface area contributed by atoms with Gasteiger partial charge in [-0.2, -0.15) is 0 Å². The van der Waals surface area contributed by atoms with Crippen LogP contribution < -0.4 is 5.73 Å². The number of imidazole rings is 1. The molecular weight excluding hydrogens is 372 g/mol. The van der Waals surface area contributed by atoms with E-state index >= 15 is 0 Å². The molecule has 1 aromatic carbocycles. The Bertz CT molecular complexity index is 1290. The number of allylic oxidation sites excluding steroid dienone is 2. The fourth-order valence-electron chi connectivity index (χ4n) is 4.09. The van der Waals surface area contributed by atoms with E-state index in [1.807, 2.05) is 36.7 Å². The summed E-state index contributed by atoms with van der Waals surface area (Å²) in [6.07, 6.45) is 12.3. The molecule has 2 N–H and O–H groups in total. The highest BCUT2D eigenvalue weighted by Gasteiger charge is 2.12. The number of fused-ring (bicyclic) bond motifs is 1. The number of rotatable bonds is 5. The van der Waals surface area contributed by atoms with Crippen molar-refractivity contribution >= 4 is 17.1 Å². The fraction of sp³-hybridized carbons (Fsp3) is 0.160. The number of nitrogens with zero attached hydrogens (tertiary/aromatic N) is 3. The number of amides is 1. The average molecular weight is 394 g/mol. The lowest BCUT2D eigenvalue weighted by molar-refractivity contribution is 0.1000. The molecule has 0 radical (unpaired) electrons. The van der Waals surface area contributed by atoms with Crippen LogP contribution in [0.15, 0.2) is 73.2 Å². The van der Waals surface area contributed by atoms with E-state index in [-0.39, 0.29) is 0 Å². The largest absolute Gasteiger partial charge is 0.366 e. The first-order chi connectivity index (χ1) is 14.7. The molecule has 0 saturated carbocycles. The molecule has 0 saturated heterocycles. The fourth-order valence-corrected chi connectivity index (χ4v) is 4.09. The highest BCUT2D eigenvalue weighted by molar-refractivity contribution is 5.92. The minimum Gasteiger partial charge on any atom is -0.366 e. The Morgan fingerprint density at radius 1 is 1.07 bits per heavy atom. The van der Waals surface area contributed by atoms with Crippen molar-refractivity contribution in [1.82, 2.24) is 14.4 Å². The third-order valence-electron chi connectivity index (χ3n) is 5.62. The van der Waals surface area contributed by atoms with Crippen molar-refractivity contribution in [3.8, 4) is 11.3 Å². The Labute approximate surface area is 174 Å². The standard InChI is InChI=1S/C25H22N4O/c26-25(30)21-7-3-4-17(13-21)12-18-9-11-29-23(16-28-24(29)14-18)20-8-10-27-22(15-20)19-5-1-2-6-19/h3-5,7-11,13-16H,1-2,6,12H2,(H2,26,30). The van der Waals surface area contributed by atoms with Crippen LogP contribution in [0.1, 0.15) is 46.4 Å². The van der Waals surface area contributed by atoms with Gasteiger partial charge in [-0.3, -0.25) is 14.2 Å². The van der Waals surface area contributed by atoms with Crippen LogP contribution in [0.3, 0.4) is 0 Å². The number of hydrogen-bond acceptors (Lipinski definition) is 3. The van der Waals surface area contributed by atoms with Crippen molar-refractivity contribution in [2.45, 2.75) is 25.7 Å². The summed E-state index contributed by atoms with van der Waals surface area (Å²) in [4.78, 5) is 20.6. The molecule has 1 aliphatic rings. The molecule has 0 bridgehead atoms. The predicted molar refractivity (Wildman–Crippen MR) is 118 cm³/mol. The molecule has 0 unspecified atom stereocenters. The van der Waals surface area contributed by atoms with Crippen LogP contribution in [0.25, 0.3) is 22.5 Å². The molecule has 30 heavy (non-hydrogen) atoms. The van der Waals surface area contributed by atoms with E-state index < -0.39 is 5.91 Å². The van der Waals surface area contributed by atoms with E-state index in [0.29, 0.717) is 12.0 Å². The van der Waals surface area contributed by atoms with Crippen molar-refractivity contribution in [2.75, 3.05) is 0 Å². The normalized spacial score (nSPS) is 13.5. The zero-order valence-corrected chi connectivity index (χ0v) is 16.6. The van der Waals surface area contributed by atoms with Crippen molar-refractivity contribution in [2.24, 2.45) is 5.73 Å². The molecule has 0 atom stereocenters. The second kappa shape index (κ2) is 7.59. The Balaban J connectivity index is 1.45. The predicted octanol–water partition coefficient (Wildman–Crippen LogP) is 4.65. The first-order valence-corrected chi connectivity index (χ1v) is 10.2. The Morgan fingerprint density at radius 2 is 1.97 bits per heavy atom. The summed E-state index contributed by atoms with van der Waals surface area (Å²) in [5, 5.41) is 0. The molecule has 0 spiro atoms. The maximum Gasteiger partial charge on any atom is 0.248 e. The monoisotopic (exact) mass is 394 g/mol. The van der Waals surface area contributed by atoms with Gasteiger partial charge < -0.3 is 5.73 Å². The van der Waals surface area contributed by atoms with E-state index in [9.17, 15) is 4.79 Å². The van der Waals surface area contributed by atoms with Crippen molar-refractivity contribution < 1.29 is 4.79 Å². The first kappa shape index (κ1) is 18.3. The third-order valence-corrected chi connectivity index (χ3v) is 5.62. The van der Waals surface area contributed by atoms with Crippen molar-refractivity contribution in [3.05, 3.63) is 95.6 Å². The molecule has 0 aliphatic heterocycles. The molecule has 148 valence electrons. The number of pyridine rings is 2. The molecule has 5 nitrogen and oxygen atoms in total. The SMILES string of the molecule is NC(=O)c1cccc(Cc2ccn3c(-c4ccnc(C5=CCCC5)c4)cnc3c2)c1. The van der Waals surface area contributed by atoms with Gasteiger partial charge >= 0.3 is 0 Å². The summed E-state index contributed by atoms with van der Waals surface area (Å²) in [5.41, 5.74) is 13.6. The van der Waals surface area contributed by atoms with Crippen molar-refractivity contribution in [3.63, 3.8) is 0 Å². The highest BCUT2D eigenvalue weighted by atomic mass is 16.1. The van der Waals surface area contributed by atoms with Gasteiger partial charge in [0.05, 0.1) is 17.6 Å². The molecule has 1 aliphatic carbocycles. The Hall–Kier alpha value is -3.73. The first-order valence-electron chi connectivity index (χ1n) is 10.2. The van der Waals surface area contributed by atoms with Gasteiger partial charge in [-0.05, 0) is 78.8 Å². The van der Waals surface area contributed by atoms with Crippen LogP contribution in [0.4, 0.5) is 0 Å². The maximum atomic E-state index is 11.4. The van der Waals surface area contributed by atoms with Gasteiger partial charge in [0.15, 0.2) is 0 Å². The Morgan fingerprint density at radius 3 is 2.80 bits per heavy atom. The van der Waals surface area contributed by atoms with Crippen LogP contribution in [-0.4, -0.2) is 20.3 Å². The van der Waals surface area contributed by atoms with Gasteiger partial charge in [0.1, 0.15) is 5.65 Å². The summed E-state index contributed by atoms with van der Waals surface area (Å²) in [6.45, 7) is 0. The van der Waals surface area contributed by atoms with Gasteiger partial charge in [0.2, 0.25) is 5.91 Å². The lowest BCUT2D eigenvalue weighted by Gasteiger charge is -2.07. The lowest BCUT2D eigenvalue weighted by Crippen LogP contribution is -2.11. The lowest BCUT2D eigenvalue weighted by atomic mass is 10.0. The Kier molecular flexibility index (Phi) is 4.64. The minimum absolute atomic E-state index is 0.407. The van der Waals surface area contributed by atoms with Crippen LogP contribution in [0.2, 0.25) is 0 Å². The quantitative estimate of drug-likeness (QED) is 0.535. The van der Waals surface area contributed by atoms with Crippen LogP contribution in [0.5, 0.6) is 0 Å². The molecule has 5 heteroatoms. The topological polar surface area (TPSA) is 73.3 Å². The number of aromatic nitrogens is 3. The van der Waals surface area contributed by atoms with Gasteiger partial charge in [0.25, 0.3) is 0 Å². The highest BCUT2D eigenvalue weighted by Crippen LogP contribution is 2.29. The number of primary amides is 1. The second-order valence-corrected chi connectivity index (χ2v) is 7.70. The number of nitrogens with two attached hydrogens (primary N) is 1. The molecular formula is C25H22N4O. The van der Waals surface area contributed by atoms with Gasteiger partial charge in [0, 0.05) is 23.5 Å². The third kappa shape index (κ3) is 3.50. The average Bonchev–Trinajstić information content (AvgIpc) is 3.44. The minimum atomic E-state index is -0.407. The second-order valence-electron chi connectivity index (χ2n) is 7.70. The van der Waals surface area contributed by atoms with Crippen LogP contribution in [-0.2, 0) is 6.42 Å². The van der Waals surface area contributed by atoms with Gasteiger partial charge in [-0.25, -0.2) is 4.98 Å². The van der Waals surface area contributed by atoms with E-state index in [2.05, 4.69) is 44.8 Å². The van der Waals surface area contributed by atoms with Crippen LogP contribution in [0, 0.1) is 0 Å². The molecule has 4 aromatic rings. The van der Waals surface area contributed by atoms with E-state index in [1.54, 1.807) is 6.07 Å². The molecule has 3 aromatic heterocycles. The number of benzene rings is 1. The maximum absolute atomic E-state index is 11.4. The summed E-state index contributed by atoms with van der Waals surface area (Å²) < 4.78 is 2.10. The number of carbonyl (C=O) groups excluding carboxylic acids is 1. The number of carbonyl (C=O) groups is 1. The zero-order chi connectivity index (χ0) is 20.5.